The van der Waals surface area contributed by atoms with E-state index in [0.717, 1.165) is 80.1 Å². The van der Waals surface area contributed by atoms with Gasteiger partial charge >= 0.3 is 8.56 Å². The molecule has 0 saturated heterocycles. The molecule has 0 rings (SSSR count). The van der Waals surface area contributed by atoms with Gasteiger partial charge in [0.25, 0.3) is 0 Å². The van der Waals surface area contributed by atoms with Crippen LogP contribution in [0.2, 0.25) is 124 Å². The van der Waals surface area contributed by atoms with Gasteiger partial charge in [-0.1, -0.05) is 202 Å². The maximum absolute atomic E-state index is 10.6. The second-order valence-electron chi connectivity index (χ2n) is 27.8. The summed E-state index contributed by atoms with van der Waals surface area (Å²) in [5.41, 5.74) is -0.649. The Morgan fingerprint density at radius 2 is 0.552 bits per heavy atom. The van der Waals surface area contributed by atoms with E-state index in [1.165, 1.54) is 85.4 Å². The highest BCUT2D eigenvalue weighted by Gasteiger charge is 2.42. The molecule has 6 nitrogen and oxygen atoms in total. The van der Waals surface area contributed by atoms with Crippen molar-refractivity contribution in [3.05, 3.63) is 0 Å². The minimum Gasteiger partial charge on any atom is -0.437 e. The highest BCUT2D eigenvalue weighted by atomic mass is 28.5. The molecule has 0 heterocycles. The first-order valence-corrected chi connectivity index (χ1v) is 46.3. The Hall–Kier alpha value is 1.06. The van der Waals surface area contributed by atoms with Gasteiger partial charge in [0.1, 0.15) is 0 Å². The second-order valence-corrected chi connectivity index (χ2v) is 55.7. The maximum atomic E-state index is 10.6. The van der Waals surface area contributed by atoms with Crippen molar-refractivity contribution in [2.75, 3.05) is 26.4 Å². The zero-order chi connectivity index (χ0) is 52.6. The minimum absolute atomic E-state index is 0.0739. The van der Waals surface area contributed by atoms with Crippen molar-refractivity contribution in [2.24, 2.45) is 46.3 Å². The van der Waals surface area contributed by atoms with Crippen LogP contribution in [-0.4, -0.2) is 96.3 Å². The summed E-state index contributed by atoms with van der Waals surface area (Å²) in [5.74, 6) is 4.61. The first-order chi connectivity index (χ1) is 30.7. The van der Waals surface area contributed by atoms with Crippen LogP contribution in [0, 0.1) is 46.3 Å². The molecule has 0 aliphatic heterocycles. The van der Waals surface area contributed by atoms with Gasteiger partial charge in [-0.2, -0.15) is 0 Å². The molecule has 0 atom stereocenters. The van der Waals surface area contributed by atoms with Crippen molar-refractivity contribution in [3.8, 4) is 0 Å². The van der Waals surface area contributed by atoms with Gasteiger partial charge < -0.3 is 28.7 Å². The van der Waals surface area contributed by atoms with E-state index >= 15 is 0 Å². The molecule has 406 valence electrons. The highest BCUT2D eigenvalue weighted by Crippen LogP contribution is 2.42. The summed E-state index contributed by atoms with van der Waals surface area (Å²) in [6.45, 7) is 52.1. The third-order valence-electron chi connectivity index (χ3n) is 15.3. The highest BCUT2D eigenvalue weighted by molar-refractivity contribution is 6.87. The minimum atomic E-state index is -2.26. The van der Waals surface area contributed by atoms with Gasteiger partial charge in [-0.15, -0.1) is 0 Å². The van der Waals surface area contributed by atoms with Gasteiger partial charge in [0.2, 0.25) is 0 Å². The monoisotopic (exact) mass is 1050 g/mol. The molecule has 0 aromatic heterocycles. The van der Waals surface area contributed by atoms with Crippen LogP contribution < -0.4 is 0 Å². The third kappa shape index (κ3) is 30.8. The Labute approximate surface area is 428 Å². The molecule has 0 radical (unpaired) electrons. The Bertz CT molecular complexity index is 1100. The summed E-state index contributed by atoms with van der Waals surface area (Å²) in [7, 11) is -9.56. The van der Waals surface area contributed by atoms with Gasteiger partial charge in [-0.05, 0) is 113 Å². The topological polar surface area (TPSA) is 99.4 Å². The fraction of sp³-hybridized carbons (Fsp3) is 1.00. The zero-order valence-electron chi connectivity index (χ0n) is 49.7. The number of aliphatic hydroxyl groups excluding tert-OH is 4. The number of hydrogen-bond acceptors (Lipinski definition) is 6. The lowest BCUT2D eigenvalue weighted by Crippen LogP contribution is -2.52. The molecular formula is C55H126O6Si6. The standard InChI is InChI=1S/C33H72O2Si2.C22H54O4Si4/c1-27(2)19-36(20-28(3)4,21-29(5)6)17-13-15-33(25-34,26-35)16-14-18-37(22-30(7)8,23-31(9)10)24-32(11)12;1-11-30(12-2,13-3)19-15-17-22(20-23,21-24)16-14-18-29(10,25-27(4,5)6)26-28(7,8)9/h27-32,34-35H,13-26H2,1-12H3;23-24H,11-21H2,1-10H3. The molecule has 0 saturated carbocycles. The van der Waals surface area contributed by atoms with Crippen molar-refractivity contribution >= 4 is 49.4 Å². The summed E-state index contributed by atoms with van der Waals surface area (Å²) in [6, 6.07) is 17.6. The number of rotatable bonds is 39. The van der Waals surface area contributed by atoms with Crippen molar-refractivity contribution in [2.45, 2.75) is 280 Å². The van der Waals surface area contributed by atoms with Crippen LogP contribution in [0.1, 0.15) is 155 Å². The van der Waals surface area contributed by atoms with Crippen LogP contribution >= 0.6 is 0 Å². The van der Waals surface area contributed by atoms with Crippen molar-refractivity contribution < 1.29 is 28.7 Å². The summed E-state index contributed by atoms with van der Waals surface area (Å²) >= 11 is 0. The van der Waals surface area contributed by atoms with Crippen LogP contribution in [0.3, 0.4) is 0 Å². The van der Waals surface area contributed by atoms with Gasteiger partial charge in [-0.3, -0.25) is 0 Å². The van der Waals surface area contributed by atoms with E-state index in [-0.39, 0.29) is 37.3 Å². The fourth-order valence-electron chi connectivity index (χ4n) is 13.3. The summed E-state index contributed by atoms with van der Waals surface area (Å²) in [5, 5.41) is 41.5. The summed E-state index contributed by atoms with van der Waals surface area (Å²) in [4.78, 5) is 0. The molecule has 0 unspecified atom stereocenters. The van der Waals surface area contributed by atoms with Gasteiger partial charge in [0.05, 0.1) is 50.6 Å². The van der Waals surface area contributed by atoms with E-state index in [1.807, 2.05) is 0 Å². The molecule has 0 aliphatic rings. The lowest BCUT2D eigenvalue weighted by molar-refractivity contribution is 0.0380. The molecular weight excluding hydrogens is 925 g/mol. The van der Waals surface area contributed by atoms with Crippen LogP contribution in [0.4, 0.5) is 0 Å². The SMILES string of the molecule is CC(C)C[Si](CCCC(CO)(CO)CCC[Si](CC(C)C)(CC(C)C)CC(C)C)(CC(C)C)CC(C)C.CC[Si](CC)(CC)CCCC(CO)(CO)CCC[Si](C)(O[Si](C)(C)C)O[Si](C)(C)C. The van der Waals surface area contributed by atoms with E-state index < -0.39 is 49.4 Å². The molecule has 0 aliphatic carbocycles. The predicted octanol–water partition coefficient (Wildman–Crippen LogP) is 17.2. The molecule has 0 spiro atoms. The lowest BCUT2D eigenvalue weighted by atomic mass is 9.81. The van der Waals surface area contributed by atoms with E-state index in [1.54, 1.807) is 0 Å². The predicted molar refractivity (Wildman–Crippen MR) is 316 cm³/mol. The molecule has 67 heavy (non-hydrogen) atoms. The maximum Gasteiger partial charge on any atom is 0.314 e. The van der Waals surface area contributed by atoms with Crippen molar-refractivity contribution in [1.82, 2.24) is 0 Å². The molecule has 0 amide bonds. The Morgan fingerprint density at radius 3 is 0.731 bits per heavy atom. The largest absolute Gasteiger partial charge is 0.437 e. The van der Waals surface area contributed by atoms with Crippen molar-refractivity contribution in [3.63, 3.8) is 0 Å². The molecule has 0 aromatic carbocycles. The molecule has 0 bridgehead atoms. The second kappa shape index (κ2) is 33.1. The molecule has 4 N–H and O–H groups in total. The van der Waals surface area contributed by atoms with E-state index in [2.05, 4.69) is 150 Å². The quantitative estimate of drug-likeness (QED) is 0.0458. The first kappa shape index (κ1) is 70.1. The first-order valence-electron chi connectivity index (χ1n) is 28.5. The fourth-order valence-corrected chi connectivity index (χ4v) is 43.8. The smallest absolute Gasteiger partial charge is 0.314 e. The molecule has 0 aromatic rings. The average Bonchev–Trinajstić information content (AvgIpc) is 3.15. The van der Waals surface area contributed by atoms with Crippen LogP contribution in [0.25, 0.3) is 0 Å². The summed E-state index contributed by atoms with van der Waals surface area (Å²) < 4.78 is 13.2. The van der Waals surface area contributed by atoms with Gasteiger partial charge in [-0.25, -0.2) is 0 Å². The van der Waals surface area contributed by atoms with Crippen molar-refractivity contribution in [1.29, 1.82) is 0 Å². The zero-order valence-corrected chi connectivity index (χ0v) is 55.7. The van der Waals surface area contributed by atoms with Crippen LogP contribution in [0.15, 0.2) is 0 Å². The number of aliphatic hydroxyl groups is 4. The van der Waals surface area contributed by atoms with E-state index in [0.29, 0.717) is 0 Å². The lowest BCUT2D eigenvalue weighted by Gasteiger charge is -2.39. The average molecular weight is 1050 g/mol. The Balaban J connectivity index is 0. The van der Waals surface area contributed by atoms with Gasteiger partial charge in [0, 0.05) is 10.8 Å². The van der Waals surface area contributed by atoms with Gasteiger partial charge in [0.15, 0.2) is 16.6 Å². The molecule has 0 fully saturated rings. The van der Waals surface area contributed by atoms with E-state index in [4.69, 9.17) is 8.23 Å². The number of hydrogen-bond donors (Lipinski definition) is 4. The summed E-state index contributed by atoms with van der Waals surface area (Å²) in [6.07, 6.45) is 8.23. The Morgan fingerprint density at radius 1 is 0.343 bits per heavy atom. The van der Waals surface area contributed by atoms with Crippen LogP contribution in [0.5, 0.6) is 0 Å². The normalized spacial score (nSPS) is 14.1. The van der Waals surface area contributed by atoms with E-state index in [9.17, 15) is 20.4 Å². The van der Waals surface area contributed by atoms with Crippen LogP contribution in [-0.2, 0) is 8.23 Å². The third-order valence-corrected chi connectivity index (χ3v) is 43.7. The Kier molecular flexibility index (Phi) is 34.6. The molecule has 12 heteroatoms.